The summed E-state index contributed by atoms with van der Waals surface area (Å²) in [6.07, 6.45) is 3.30. The van der Waals surface area contributed by atoms with Crippen LogP contribution in [0.2, 0.25) is 0 Å². The number of hydrogen-bond donors (Lipinski definition) is 4. The van der Waals surface area contributed by atoms with Crippen molar-refractivity contribution in [3.8, 4) is 5.75 Å². The number of carbonyl (C=O) groups excluding carboxylic acids is 4. The van der Waals surface area contributed by atoms with Gasteiger partial charge in [-0.2, -0.15) is 0 Å². The van der Waals surface area contributed by atoms with Crippen molar-refractivity contribution in [3.63, 3.8) is 0 Å². The van der Waals surface area contributed by atoms with Crippen LogP contribution in [0.3, 0.4) is 0 Å². The molecular weight excluding hydrogens is 518 g/mol. The number of pyridine rings is 2. The monoisotopic (exact) mass is 553 g/mol. The molecule has 2 aliphatic heterocycles. The Morgan fingerprint density at radius 1 is 1.20 bits per heavy atom. The van der Waals surface area contributed by atoms with Crippen molar-refractivity contribution in [3.05, 3.63) is 54.1 Å². The molecule has 0 aromatic carbocycles. The summed E-state index contributed by atoms with van der Waals surface area (Å²) in [6, 6.07) is 3.21. The number of nitrogens with zero attached hydrogens (tertiary/aromatic N) is 3. The van der Waals surface area contributed by atoms with Gasteiger partial charge in [-0.05, 0) is 42.5 Å². The molecule has 2 unspecified atom stereocenters. The zero-order valence-electron chi connectivity index (χ0n) is 22.7. The third-order valence-corrected chi connectivity index (χ3v) is 7.66. The van der Waals surface area contributed by atoms with Crippen LogP contribution in [0.15, 0.2) is 42.9 Å². The molecule has 2 aromatic rings. The van der Waals surface area contributed by atoms with Crippen LogP contribution in [0, 0.1) is 11.8 Å². The summed E-state index contributed by atoms with van der Waals surface area (Å²) in [5, 5.41) is 26.9. The van der Waals surface area contributed by atoms with E-state index in [-0.39, 0.29) is 30.1 Å². The number of nitrogens with one attached hydrogen (secondary N) is 2. The van der Waals surface area contributed by atoms with Crippen molar-refractivity contribution in [2.24, 2.45) is 11.8 Å². The van der Waals surface area contributed by atoms with E-state index in [1.807, 2.05) is 0 Å². The maximum absolute atomic E-state index is 13.7. The molecule has 4 N–H and O–H groups in total. The fraction of sp³-hybridized carbons (Fsp3) is 0.500. The fourth-order valence-corrected chi connectivity index (χ4v) is 5.23. The van der Waals surface area contributed by atoms with E-state index in [1.165, 1.54) is 30.3 Å². The Hall–Kier alpha value is -3.90. The number of ether oxygens (including phenoxy) is 1. The van der Waals surface area contributed by atoms with Crippen LogP contribution in [-0.4, -0.2) is 92.6 Å². The minimum atomic E-state index is -1.33. The van der Waals surface area contributed by atoms with Crippen molar-refractivity contribution in [1.82, 2.24) is 25.5 Å². The van der Waals surface area contributed by atoms with Crippen LogP contribution in [0.4, 0.5) is 0 Å². The maximum atomic E-state index is 13.7. The lowest BCUT2D eigenvalue weighted by Crippen LogP contribution is -2.61. The van der Waals surface area contributed by atoms with Crippen molar-refractivity contribution < 1.29 is 34.1 Å². The van der Waals surface area contributed by atoms with E-state index in [9.17, 15) is 29.4 Å². The van der Waals surface area contributed by atoms with Gasteiger partial charge in [0, 0.05) is 38.7 Å². The predicted octanol–water partition coefficient (Wildman–Crippen LogP) is 0.230. The first-order valence-electron chi connectivity index (χ1n) is 13.3. The zero-order chi connectivity index (χ0) is 29.0. The Morgan fingerprint density at radius 2 is 1.93 bits per heavy atom. The van der Waals surface area contributed by atoms with E-state index >= 15 is 0 Å². The van der Waals surface area contributed by atoms with Crippen molar-refractivity contribution in [1.29, 1.82) is 0 Å². The lowest BCUT2D eigenvalue weighted by molar-refractivity contribution is -0.158. The number of aromatic hydroxyl groups is 1. The van der Waals surface area contributed by atoms with Gasteiger partial charge in [-0.15, -0.1) is 0 Å². The summed E-state index contributed by atoms with van der Waals surface area (Å²) in [4.78, 5) is 63.1. The van der Waals surface area contributed by atoms with Crippen LogP contribution in [0.5, 0.6) is 5.75 Å². The number of hydrogen-bond acceptors (Lipinski definition) is 9. The van der Waals surface area contributed by atoms with Gasteiger partial charge in [-0.1, -0.05) is 19.9 Å². The number of aliphatic hydroxyl groups is 1. The van der Waals surface area contributed by atoms with Gasteiger partial charge < -0.3 is 30.5 Å². The lowest BCUT2D eigenvalue weighted by atomic mass is 9.86. The Labute approximate surface area is 232 Å². The number of amides is 3. The standard InChI is InChI=1S/C28H35N5O7/c1-15-12-20(35)24(21-8-11-40-21)33(3)28(39)16(2)25(36)18(13-17-6-4-9-29-14-17)31-26(37)22(15)32-27(38)23-19(34)7-5-10-30-23/h4-7,9-10,14-16,18,21-22,24-25,34,36H,8,11-13H2,1-3H3,(H,31,37)(H,32,38)/t15-,16+,18-,21?,22-,24?,25-/m0/s1. The van der Waals surface area contributed by atoms with Gasteiger partial charge >= 0.3 is 0 Å². The van der Waals surface area contributed by atoms with Gasteiger partial charge in [0.1, 0.15) is 17.8 Å². The minimum Gasteiger partial charge on any atom is -0.505 e. The zero-order valence-corrected chi connectivity index (χ0v) is 22.7. The normalized spacial score (nSPS) is 29.9. The Kier molecular flexibility index (Phi) is 9.10. The molecule has 0 spiro atoms. The maximum Gasteiger partial charge on any atom is 0.274 e. The molecular formula is C28H35N5O7. The Morgan fingerprint density at radius 3 is 2.55 bits per heavy atom. The summed E-state index contributed by atoms with van der Waals surface area (Å²) < 4.78 is 5.60. The summed E-state index contributed by atoms with van der Waals surface area (Å²) >= 11 is 0. The van der Waals surface area contributed by atoms with E-state index in [0.29, 0.717) is 13.0 Å². The number of rotatable bonds is 5. The van der Waals surface area contributed by atoms with Crippen molar-refractivity contribution >= 4 is 23.5 Å². The van der Waals surface area contributed by atoms with E-state index in [0.717, 1.165) is 5.56 Å². The van der Waals surface area contributed by atoms with Crippen LogP contribution in [-0.2, 0) is 25.5 Å². The quantitative estimate of drug-likeness (QED) is 0.405. The average molecular weight is 554 g/mol. The predicted molar refractivity (Wildman–Crippen MR) is 142 cm³/mol. The summed E-state index contributed by atoms with van der Waals surface area (Å²) in [5.74, 6) is -4.28. The van der Waals surface area contributed by atoms with Crippen molar-refractivity contribution in [2.45, 2.75) is 63.4 Å². The van der Waals surface area contributed by atoms with Gasteiger partial charge in [0.2, 0.25) is 11.8 Å². The van der Waals surface area contributed by atoms with E-state index in [2.05, 4.69) is 20.6 Å². The third-order valence-electron chi connectivity index (χ3n) is 7.66. The SMILES string of the molecule is C[C@H]1CC(=O)C(C2CCO2)N(C)C(=O)[C@H](C)[C@H](O)[C@H](Cc2cccnc2)NC(=O)[C@H]1NC(=O)c1ncccc1O. The molecule has 2 saturated heterocycles. The molecule has 12 nitrogen and oxygen atoms in total. The molecule has 2 aromatic heterocycles. The van der Waals surface area contributed by atoms with E-state index < -0.39 is 59.9 Å². The number of likely N-dealkylation sites (N-methyl/N-ethyl adjacent to an activating group) is 1. The second-order valence-electron chi connectivity index (χ2n) is 10.5. The number of aliphatic hydroxyl groups excluding tert-OH is 1. The highest BCUT2D eigenvalue weighted by Gasteiger charge is 2.44. The van der Waals surface area contributed by atoms with E-state index in [4.69, 9.17) is 4.74 Å². The van der Waals surface area contributed by atoms with Crippen molar-refractivity contribution in [2.75, 3.05) is 13.7 Å². The molecule has 2 fully saturated rings. The second-order valence-corrected chi connectivity index (χ2v) is 10.5. The largest absolute Gasteiger partial charge is 0.505 e. The highest BCUT2D eigenvalue weighted by molar-refractivity contribution is 5.98. The smallest absolute Gasteiger partial charge is 0.274 e. The number of ketones is 1. The Bertz CT molecular complexity index is 1240. The fourth-order valence-electron chi connectivity index (χ4n) is 5.23. The number of carbonyl (C=O) groups is 4. The highest BCUT2D eigenvalue weighted by Crippen LogP contribution is 2.26. The molecule has 2 aliphatic rings. The third kappa shape index (κ3) is 6.28. The van der Waals surface area contributed by atoms with Gasteiger partial charge in [0.05, 0.1) is 24.2 Å². The minimum absolute atomic E-state index is 0.140. The van der Waals surface area contributed by atoms with Crippen LogP contribution >= 0.6 is 0 Å². The van der Waals surface area contributed by atoms with Gasteiger partial charge in [-0.25, -0.2) is 4.98 Å². The number of Topliss-reactive ketones (excluding diaryl/α,β-unsaturated/α-hetero) is 1. The molecule has 4 heterocycles. The van der Waals surface area contributed by atoms with Gasteiger partial charge in [0.15, 0.2) is 11.5 Å². The first kappa shape index (κ1) is 29.1. The molecule has 0 aliphatic carbocycles. The summed E-state index contributed by atoms with van der Waals surface area (Å²) in [5.41, 5.74) is 0.446. The molecule has 7 atom stereocenters. The summed E-state index contributed by atoms with van der Waals surface area (Å²) in [7, 11) is 1.52. The topological polar surface area (TPSA) is 171 Å². The molecule has 214 valence electrons. The van der Waals surface area contributed by atoms with E-state index in [1.54, 1.807) is 38.4 Å². The molecule has 12 heteroatoms. The van der Waals surface area contributed by atoms with Crippen LogP contribution in [0.1, 0.15) is 42.7 Å². The first-order chi connectivity index (χ1) is 19.1. The van der Waals surface area contributed by atoms with Crippen LogP contribution in [0.25, 0.3) is 0 Å². The van der Waals surface area contributed by atoms with Gasteiger partial charge in [-0.3, -0.25) is 24.2 Å². The first-order valence-corrected chi connectivity index (χ1v) is 13.3. The molecule has 4 rings (SSSR count). The molecule has 0 saturated carbocycles. The molecule has 0 bridgehead atoms. The lowest BCUT2D eigenvalue weighted by Gasteiger charge is -2.41. The molecule has 0 radical (unpaired) electrons. The van der Waals surface area contributed by atoms with Gasteiger partial charge in [0.25, 0.3) is 5.91 Å². The Balaban J connectivity index is 1.70. The summed E-state index contributed by atoms with van der Waals surface area (Å²) in [6.45, 7) is 3.65. The second kappa shape index (κ2) is 12.5. The number of aromatic nitrogens is 2. The molecule has 40 heavy (non-hydrogen) atoms. The van der Waals surface area contributed by atoms with Crippen LogP contribution < -0.4 is 10.6 Å². The molecule has 3 amide bonds. The average Bonchev–Trinajstić information content (AvgIpc) is 2.91. The highest BCUT2D eigenvalue weighted by atomic mass is 16.5.